The fourth-order valence-corrected chi connectivity index (χ4v) is 3.55. The summed E-state index contributed by atoms with van der Waals surface area (Å²) in [6.07, 6.45) is 2.59. The van der Waals surface area contributed by atoms with Gasteiger partial charge in [-0.05, 0) is 18.6 Å². The van der Waals surface area contributed by atoms with Crippen molar-refractivity contribution in [3.63, 3.8) is 0 Å². The van der Waals surface area contributed by atoms with E-state index in [9.17, 15) is 0 Å². The second kappa shape index (κ2) is 6.78. The quantitative estimate of drug-likeness (QED) is 0.582. The number of hydrogen-bond donors (Lipinski definition) is 3. The summed E-state index contributed by atoms with van der Waals surface area (Å²) in [6.45, 7) is 0.930. The van der Waals surface area contributed by atoms with Crippen LogP contribution in [0.3, 0.4) is 0 Å². The Morgan fingerprint density at radius 3 is 2.71 bits per heavy atom. The van der Waals surface area contributed by atoms with Crippen molar-refractivity contribution in [1.29, 1.82) is 0 Å². The average molecular weight is 301 g/mol. The van der Waals surface area contributed by atoms with Crippen LogP contribution >= 0.6 is 11.8 Å². The van der Waals surface area contributed by atoms with E-state index in [1.165, 1.54) is 18.6 Å². The third kappa shape index (κ3) is 3.65. The van der Waals surface area contributed by atoms with Gasteiger partial charge in [0.2, 0.25) is 0 Å². The molecule has 110 valence electrons. The highest BCUT2D eigenvalue weighted by Crippen LogP contribution is 2.26. The lowest BCUT2D eigenvalue weighted by Crippen LogP contribution is -2.16. The summed E-state index contributed by atoms with van der Waals surface area (Å²) in [5.41, 5.74) is 3.59. The Morgan fingerprint density at radius 1 is 1.19 bits per heavy atom. The third-order valence-corrected chi connectivity index (χ3v) is 4.84. The van der Waals surface area contributed by atoms with Gasteiger partial charge in [0.15, 0.2) is 5.82 Å². The van der Waals surface area contributed by atoms with Crippen LogP contribution in [0.4, 0.5) is 11.6 Å². The van der Waals surface area contributed by atoms with E-state index in [-0.39, 0.29) is 0 Å². The maximum atomic E-state index is 5.51. The van der Waals surface area contributed by atoms with E-state index in [1.807, 2.05) is 48.2 Å². The van der Waals surface area contributed by atoms with Gasteiger partial charge in [-0.2, -0.15) is 11.8 Å². The lowest BCUT2D eigenvalue weighted by molar-refractivity contribution is 0.803. The van der Waals surface area contributed by atoms with E-state index in [0.717, 1.165) is 17.9 Å². The van der Waals surface area contributed by atoms with Crippen LogP contribution in [0.2, 0.25) is 0 Å². The molecule has 1 unspecified atom stereocenters. The Morgan fingerprint density at radius 2 is 2.00 bits per heavy atom. The summed E-state index contributed by atoms with van der Waals surface area (Å²) in [5.74, 6) is 8.88. The van der Waals surface area contributed by atoms with E-state index in [2.05, 4.69) is 20.7 Å². The number of hydrogen-bond acceptors (Lipinski definition) is 6. The topological polar surface area (TPSA) is 75.9 Å². The largest absolute Gasteiger partial charge is 0.369 e. The lowest BCUT2D eigenvalue weighted by Gasteiger charge is -2.12. The minimum absolute atomic E-state index is 0.616. The Kier molecular flexibility index (Phi) is 4.57. The fourth-order valence-electron chi connectivity index (χ4n) is 2.35. The molecule has 1 aromatic heterocycles. The number of nitrogens with one attached hydrogen (secondary N) is 2. The maximum absolute atomic E-state index is 5.51. The fraction of sp³-hybridized carbons (Fsp3) is 0.333. The standard InChI is InChI=1S/C15H19N5S/c16-20-14-9-13(17-10-12-7-4-8-21-12)18-15(19-14)11-5-2-1-3-6-11/h1-3,5-6,9,12H,4,7-8,10,16H2,(H2,17,18,19,20). The van der Waals surface area contributed by atoms with Crippen LogP contribution in [0.25, 0.3) is 11.4 Å². The van der Waals surface area contributed by atoms with Crippen LogP contribution in [-0.2, 0) is 0 Å². The number of hydrazine groups is 1. The highest BCUT2D eigenvalue weighted by Gasteiger charge is 2.15. The molecule has 0 aliphatic carbocycles. The van der Waals surface area contributed by atoms with Crippen LogP contribution in [0.15, 0.2) is 36.4 Å². The first kappa shape index (κ1) is 14.2. The monoisotopic (exact) mass is 301 g/mol. The van der Waals surface area contributed by atoms with Crippen molar-refractivity contribution >= 4 is 23.4 Å². The van der Waals surface area contributed by atoms with E-state index in [4.69, 9.17) is 5.84 Å². The number of aromatic nitrogens is 2. The van der Waals surface area contributed by atoms with E-state index < -0.39 is 0 Å². The normalized spacial score (nSPS) is 17.7. The van der Waals surface area contributed by atoms with Gasteiger partial charge in [0, 0.05) is 23.4 Å². The lowest BCUT2D eigenvalue weighted by atomic mass is 10.2. The Hall–Kier alpha value is -1.79. The second-order valence-electron chi connectivity index (χ2n) is 4.99. The van der Waals surface area contributed by atoms with Gasteiger partial charge in [-0.15, -0.1) is 0 Å². The Labute approximate surface area is 128 Å². The summed E-state index contributed by atoms with van der Waals surface area (Å²) < 4.78 is 0. The molecule has 1 atom stereocenters. The highest BCUT2D eigenvalue weighted by molar-refractivity contribution is 8.00. The first-order valence-electron chi connectivity index (χ1n) is 7.12. The van der Waals surface area contributed by atoms with Crippen LogP contribution in [0, 0.1) is 0 Å². The third-order valence-electron chi connectivity index (χ3n) is 3.44. The first-order valence-corrected chi connectivity index (χ1v) is 8.16. The van der Waals surface area contributed by atoms with Gasteiger partial charge in [0.25, 0.3) is 0 Å². The molecule has 1 aliphatic heterocycles. The number of rotatable bonds is 5. The Bertz CT molecular complexity index is 584. The zero-order valence-corrected chi connectivity index (χ0v) is 12.6. The van der Waals surface area contributed by atoms with Gasteiger partial charge in [0.1, 0.15) is 11.6 Å². The summed E-state index contributed by atoms with van der Waals surface area (Å²) in [4.78, 5) is 9.00. The highest BCUT2D eigenvalue weighted by atomic mass is 32.2. The minimum Gasteiger partial charge on any atom is -0.369 e. The Balaban J connectivity index is 1.79. The van der Waals surface area contributed by atoms with Gasteiger partial charge >= 0.3 is 0 Å². The first-order chi connectivity index (χ1) is 10.3. The maximum Gasteiger partial charge on any atom is 0.163 e. The van der Waals surface area contributed by atoms with Crippen molar-refractivity contribution in [2.24, 2.45) is 5.84 Å². The van der Waals surface area contributed by atoms with Crippen LogP contribution in [-0.4, -0.2) is 27.5 Å². The molecule has 0 amide bonds. The van der Waals surface area contributed by atoms with Gasteiger partial charge in [-0.25, -0.2) is 15.8 Å². The molecular formula is C15H19N5S. The number of anilines is 2. The molecule has 5 nitrogen and oxygen atoms in total. The zero-order valence-electron chi connectivity index (χ0n) is 11.7. The molecule has 0 radical (unpaired) electrons. The molecule has 1 saturated heterocycles. The number of nitrogens with zero attached hydrogens (tertiary/aromatic N) is 2. The smallest absolute Gasteiger partial charge is 0.163 e. The van der Waals surface area contributed by atoms with Gasteiger partial charge in [-0.3, -0.25) is 0 Å². The number of thioether (sulfide) groups is 1. The number of benzene rings is 1. The van der Waals surface area contributed by atoms with Crippen LogP contribution in [0.1, 0.15) is 12.8 Å². The van der Waals surface area contributed by atoms with E-state index >= 15 is 0 Å². The average Bonchev–Trinajstić information content (AvgIpc) is 3.07. The van der Waals surface area contributed by atoms with Gasteiger partial charge in [-0.1, -0.05) is 30.3 Å². The van der Waals surface area contributed by atoms with Crippen molar-refractivity contribution in [1.82, 2.24) is 9.97 Å². The molecule has 21 heavy (non-hydrogen) atoms. The number of nitrogens with two attached hydrogens (primary N) is 1. The number of nitrogen functional groups attached to an aromatic ring is 1. The molecule has 0 bridgehead atoms. The molecular weight excluding hydrogens is 282 g/mol. The summed E-state index contributed by atoms with van der Waals surface area (Å²) >= 11 is 2.03. The SMILES string of the molecule is NNc1cc(NCC2CCCS2)nc(-c2ccccc2)n1. The molecule has 1 aromatic carbocycles. The van der Waals surface area contributed by atoms with E-state index in [1.54, 1.807) is 0 Å². The summed E-state index contributed by atoms with van der Waals surface area (Å²) in [6, 6.07) is 11.8. The predicted molar refractivity (Wildman–Crippen MR) is 89.2 cm³/mol. The van der Waals surface area contributed by atoms with Gasteiger partial charge in [0.05, 0.1) is 0 Å². The molecule has 3 rings (SSSR count). The molecule has 6 heteroatoms. The van der Waals surface area contributed by atoms with Crippen molar-refractivity contribution in [3.05, 3.63) is 36.4 Å². The molecule has 1 fully saturated rings. The van der Waals surface area contributed by atoms with Crippen molar-refractivity contribution in [3.8, 4) is 11.4 Å². The van der Waals surface area contributed by atoms with Crippen molar-refractivity contribution in [2.45, 2.75) is 18.1 Å². The zero-order chi connectivity index (χ0) is 14.5. The van der Waals surface area contributed by atoms with Crippen LogP contribution < -0.4 is 16.6 Å². The van der Waals surface area contributed by atoms with Crippen molar-refractivity contribution < 1.29 is 0 Å². The van der Waals surface area contributed by atoms with E-state index in [0.29, 0.717) is 16.9 Å². The summed E-state index contributed by atoms with van der Waals surface area (Å²) in [7, 11) is 0. The molecule has 0 saturated carbocycles. The minimum atomic E-state index is 0.616. The molecule has 4 N–H and O–H groups in total. The second-order valence-corrected chi connectivity index (χ2v) is 6.40. The molecule has 2 aromatic rings. The molecule has 0 spiro atoms. The van der Waals surface area contributed by atoms with Gasteiger partial charge < -0.3 is 10.7 Å². The molecule has 2 heterocycles. The predicted octanol–water partition coefficient (Wildman–Crippen LogP) is 2.74. The van der Waals surface area contributed by atoms with Crippen LogP contribution in [0.5, 0.6) is 0 Å². The van der Waals surface area contributed by atoms with Crippen molar-refractivity contribution in [2.75, 3.05) is 23.0 Å². The summed E-state index contributed by atoms with van der Waals surface area (Å²) in [5, 5.41) is 4.08. The molecule has 1 aliphatic rings.